The molecule has 2 aromatic rings. The molecule has 1 heterocycles. The van der Waals surface area contributed by atoms with Crippen LogP contribution < -0.4 is 0 Å². The van der Waals surface area contributed by atoms with Gasteiger partial charge in [-0.25, -0.2) is 0 Å². The molecule has 0 fully saturated rings. The Bertz CT molecular complexity index is 750. The molecular formula is C17H20ClN3O2. The monoisotopic (exact) mass is 333 g/mol. The summed E-state index contributed by atoms with van der Waals surface area (Å²) >= 11 is 5.88. The average Bonchev–Trinajstić information content (AvgIpc) is 2.78. The number of ketones is 1. The molecule has 0 saturated carbocycles. The minimum Gasteiger partial charge on any atom is -0.332 e. The Balaban J connectivity index is 2.25. The zero-order valence-electron chi connectivity index (χ0n) is 13.9. The fourth-order valence-corrected chi connectivity index (χ4v) is 2.64. The summed E-state index contributed by atoms with van der Waals surface area (Å²) in [6, 6.07) is 7.00. The van der Waals surface area contributed by atoms with Crippen LogP contribution in [0, 0.1) is 13.8 Å². The molecule has 0 aliphatic rings. The first-order chi connectivity index (χ1) is 10.7. The van der Waals surface area contributed by atoms with Crippen molar-refractivity contribution in [2.24, 2.45) is 7.05 Å². The molecular weight excluding hydrogens is 314 g/mol. The maximum absolute atomic E-state index is 12.6. The highest BCUT2D eigenvalue weighted by atomic mass is 35.5. The second-order valence-corrected chi connectivity index (χ2v) is 6.08. The van der Waals surface area contributed by atoms with Gasteiger partial charge in [0, 0.05) is 24.8 Å². The normalized spacial score (nSPS) is 12.1. The first-order valence-corrected chi connectivity index (χ1v) is 7.69. The van der Waals surface area contributed by atoms with Crippen LogP contribution in [0.15, 0.2) is 24.3 Å². The smallest absolute Gasteiger partial charge is 0.295 e. The summed E-state index contributed by atoms with van der Waals surface area (Å²) < 4.78 is 1.61. The van der Waals surface area contributed by atoms with Gasteiger partial charge < -0.3 is 4.90 Å². The Morgan fingerprint density at radius 3 is 2.26 bits per heavy atom. The van der Waals surface area contributed by atoms with Gasteiger partial charge in [-0.3, -0.25) is 14.3 Å². The van der Waals surface area contributed by atoms with E-state index < -0.39 is 11.7 Å². The third-order valence-electron chi connectivity index (χ3n) is 4.18. The number of Topliss-reactive ketones (excluding diaryl/α,β-unsaturated/α-hetero) is 1. The number of benzene rings is 1. The van der Waals surface area contributed by atoms with E-state index in [1.54, 1.807) is 44.8 Å². The lowest BCUT2D eigenvalue weighted by Crippen LogP contribution is -2.35. The van der Waals surface area contributed by atoms with Crippen molar-refractivity contribution < 1.29 is 9.59 Å². The molecule has 2 rings (SSSR count). The zero-order chi connectivity index (χ0) is 17.3. The summed E-state index contributed by atoms with van der Waals surface area (Å²) in [5, 5.41) is 4.83. The third-order valence-corrected chi connectivity index (χ3v) is 4.44. The molecule has 5 nitrogen and oxygen atoms in total. The molecule has 0 bridgehead atoms. The number of hydrogen-bond donors (Lipinski definition) is 0. The van der Waals surface area contributed by atoms with Crippen molar-refractivity contribution in [3.8, 4) is 0 Å². The van der Waals surface area contributed by atoms with Crippen LogP contribution in [0.3, 0.4) is 0 Å². The molecule has 0 spiro atoms. The number of halogens is 1. The molecule has 23 heavy (non-hydrogen) atoms. The number of amides is 1. The summed E-state index contributed by atoms with van der Waals surface area (Å²) in [5.74, 6) is -1.08. The van der Waals surface area contributed by atoms with Gasteiger partial charge in [0.2, 0.25) is 0 Å². The fraction of sp³-hybridized carbons (Fsp3) is 0.353. The zero-order valence-corrected chi connectivity index (χ0v) is 14.7. The summed E-state index contributed by atoms with van der Waals surface area (Å²) in [4.78, 5) is 26.6. The molecule has 122 valence electrons. The van der Waals surface area contributed by atoms with Crippen molar-refractivity contribution in [3.05, 3.63) is 51.8 Å². The van der Waals surface area contributed by atoms with Crippen LogP contribution in [0.2, 0.25) is 5.02 Å². The van der Waals surface area contributed by atoms with Gasteiger partial charge in [0.25, 0.3) is 11.7 Å². The second-order valence-electron chi connectivity index (χ2n) is 5.64. The van der Waals surface area contributed by atoms with Gasteiger partial charge in [-0.1, -0.05) is 23.7 Å². The molecule has 1 amide bonds. The number of rotatable bonds is 4. The van der Waals surface area contributed by atoms with Gasteiger partial charge in [0.05, 0.1) is 17.3 Å². The maximum atomic E-state index is 12.6. The lowest BCUT2D eigenvalue weighted by atomic mass is 10.0. The Kier molecular flexibility index (Phi) is 4.90. The second kappa shape index (κ2) is 6.54. The predicted octanol–water partition coefficient (Wildman–Crippen LogP) is 3.09. The fourth-order valence-electron chi connectivity index (χ4n) is 2.51. The number of nitrogens with zero attached hydrogens (tertiary/aromatic N) is 3. The molecule has 1 aromatic carbocycles. The van der Waals surface area contributed by atoms with Crippen LogP contribution in [0.5, 0.6) is 0 Å². The van der Waals surface area contributed by atoms with Crippen molar-refractivity contribution in [1.82, 2.24) is 14.7 Å². The Morgan fingerprint density at radius 1 is 1.22 bits per heavy atom. The first-order valence-electron chi connectivity index (χ1n) is 7.31. The average molecular weight is 334 g/mol. The third kappa shape index (κ3) is 3.29. The molecule has 1 unspecified atom stereocenters. The first kappa shape index (κ1) is 17.2. The summed E-state index contributed by atoms with van der Waals surface area (Å²) in [7, 11) is 3.38. The number of hydrogen-bond acceptors (Lipinski definition) is 3. The van der Waals surface area contributed by atoms with E-state index in [2.05, 4.69) is 5.10 Å². The number of likely N-dealkylation sites (N-methyl/N-ethyl adjacent to an activating group) is 1. The van der Waals surface area contributed by atoms with E-state index in [0.29, 0.717) is 22.0 Å². The van der Waals surface area contributed by atoms with Crippen LogP contribution in [-0.2, 0) is 11.8 Å². The van der Waals surface area contributed by atoms with Gasteiger partial charge in [0.1, 0.15) is 0 Å². The van der Waals surface area contributed by atoms with Crippen molar-refractivity contribution in [3.63, 3.8) is 0 Å². The van der Waals surface area contributed by atoms with Crippen molar-refractivity contribution in [1.29, 1.82) is 0 Å². The molecule has 0 saturated heterocycles. The van der Waals surface area contributed by atoms with Gasteiger partial charge in [-0.05, 0) is 38.5 Å². The van der Waals surface area contributed by atoms with Crippen molar-refractivity contribution >= 4 is 23.3 Å². The molecule has 0 radical (unpaired) electrons. The van der Waals surface area contributed by atoms with Gasteiger partial charge in [-0.2, -0.15) is 5.10 Å². The van der Waals surface area contributed by atoms with Crippen molar-refractivity contribution in [2.45, 2.75) is 26.8 Å². The number of aromatic nitrogens is 2. The lowest BCUT2D eigenvalue weighted by molar-refractivity contribution is -0.127. The largest absolute Gasteiger partial charge is 0.332 e. The highest BCUT2D eigenvalue weighted by Gasteiger charge is 2.29. The number of carbonyl (C=O) groups is 2. The highest BCUT2D eigenvalue weighted by Crippen LogP contribution is 2.22. The summed E-state index contributed by atoms with van der Waals surface area (Å²) in [6.45, 7) is 5.39. The lowest BCUT2D eigenvalue weighted by Gasteiger charge is -2.24. The number of aryl methyl sites for hydroxylation is 2. The van der Waals surface area contributed by atoms with Crippen LogP contribution >= 0.6 is 11.6 Å². The Labute approximate surface area is 140 Å². The topological polar surface area (TPSA) is 55.2 Å². The van der Waals surface area contributed by atoms with E-state index in [4.69, 9.17) is 11.6 Å². The van der Waals surface area contributed by atoms with E-state index in [0.717, 1.165) is 5.56 Å². The summed E-state index contributed by atoms with van der Waals surface area (Å²) in [5.41, 5.74) is 2.55. The molecule has 6 heteroatoms. The maximum Gasteiger partial charge on any atom is 0.295 e. The predicted molar refractivity (Wildman–Crippen MR) is 89.6 cm³/mol. The minimum atomic E-state index is -0.549. The van der Waals surface area contributed by atoms with Crippen molar-refractivity contribution in [2.75, 3.05) is 7.05 Å². The minimum absolute atomic E-state index is 0.235. The van der Waals surface area contributed by atoms with Gasteiger partial charge in [0.15, 0.2) is 0 Å². The van der Waals surface area contributed by atoms with E-state index in [1.807, 2.05) is 19.1 Å². The van der Waals surface area contributed by atoms with Crippen LogP contribution in [0.4, 0.5) is 0 Å². The quantitative estimate of drug-likeness (QED) is 0.638. The molecule has 0 N–H and O–H groups in total. The molecule has 1 aromatic heterocycles. The van der Waals surface area contributed by atoms with Crippen LogP contribution in [-0.4, -0.2) is 33.4 Å². The summed E-state index contributed by atoms with van der Waals surface area (Å²) in [6.07, 6.45) is 0. The number of carbonyl (C=O) groups excluding carboxylic acids is 2. The molecule has 0 aliphatic heterocycles. The van der Waals surface area contributed by atoms with E-state index >= 15 is 0 Å². The Hall–Kier alpha value is -2.14. The molecule has 0 aliphatic carbocycles. The SMILES string of the molecule is Cc1nn(C)c(C)c1C(=O)C(=O)N(C)C(C)c1ccc(Cl)cc1. The van der Waals surface area contributed by atoms with Gasteiger partial charge in [-0.15, -0.1) is 0 Å². The van der Waals surface area contributed by atoms with Gasteiger partial charge >= 0.3 is 0 Å². The highest BCUT2D eigenvalue weighted by molar-refractivity contribution is 6.43. The van der Waals surface area contributed by atoms with E-state index in [-0.39, 0.29) is 6.04 Å². The van der Waals surface area contributed by atoms with E-state index in [9.17, 15) is 9.59 Å². The Morgan fingerprint density at radius 2 is 1.78 bits per heavy atom. The molecule has 1 atom stereocenters. The van der Waals surface area contributed by atoms with E-state index in [1.165, 1.54) is 4.90 Å². The standard InChI is InChI=1S/C17H20ClN3O2/c1-10-15(12(3)21(5)19-10)16(22)17(23)20(4)11(2)13-6-8-14(18)9-7-13/h6-9,11H,1-5H3. The van der Waals surface area contributed by atoms with Crippen LogP contribution in [0.25, 0.3) is 0 Å². The van der Waals surface area contributed by atoms with Crippen LogP contribution in [0.1, 0.15) is 40.3 Å².